The Morgan fingerprint density at radius 3 is 2.72 bits per heavy atom. The number of aromatic amines is 1. The lowest BCUT2D eigenvalue weighted by Crippen LogP contribution is -2.17. The molecule has 0 unspecified atom stereocenters. The normalized spacial score (nSPS) is 10.2. The van der Waals surface area contributed by atoms with Crippen LogP contribution in [0.15, 0.2) is 47.5 Å². The number of carboxylic acid groups (broad SMARTS) is 1. The molecule has 3 rings (SSSR count). The number of aromatic nitrogens is 3. The van der Waals surface area contributed by atoms with Crippen LogP contribution < -0.4 is 10.3 Å². The van der Waals surface area contributed by atoms with Crippen molar-refractivity contribution in [2.24, 2.45) is 0 Å². The third-order valence-electron chi connectivity index (χ3n) is 3.62. The molecule has 0 aliphatic carbocycles. The van der Waals surface area contributed by atoms with E-state index in [9.17, 15) is 9.59 Å². The van der Waals surface area contributed by atoms with Crippen molar-refractivity contribution in [1.82, 2.24) is 14.8 Å². The number of nitrogens with zero attached hydrogens (tertiary/aromatic N) is 3. The Morgan fingerprint density at radius 1 is 1.32 bits per heavy atom. The molecule has 8 nitrogen and oxygen atoms in total. The molecule has 2 aromatic heterocycles. The van der Waals surface area contributed by atoms with Crippen LogP contribution >= 0.6 is 0 Å². The van der Waals surface area contributed by atoms with E-state index in [4.69, 9.17) is 15.1 Å². The van der Waals surface area contributed by atoms with Gasteiger partial charge < -0.3 is 9.84 Å². The van der Waals surface area contributed by atoms with Crippen molar-refractivity contribution in [3.8, 4) is 28.8 Å². The fourth-order valence-electron chi connectivity index (χ4n) is 2.36. The molecule has 0 saturated carbocycles. The highest BCUT2D eigenvalue weighted by atomic mass is 16.5. The van der Waals surface area contributed by atoms with Crippen molar-refractivity contribution in [3.63, 3.8) is 0 Å². The van der Waals surface area contributed by atoms with E-state index in [2.05, 4.69) is 10.1 Å². The summed E-state index contributed by atoms with van der Waals surface area (Å²) in [5.41, 5.74) is 0.937. The molecule has 25 heavy (non-hydrogen) atoms. The van der Waals surface area contributed by atoms with Gasteiger partial charge >= 0.3 is 5.97 Å². The van der Waals surface area contributed by atoms with Gasteiger partial charge in [-0.1, -0.05) is 0 Å². The average Bonchev–Trinajstić information content (AvgIpc) is 3.02. The Hall–Kier alpha value is -3.86. The molecule has 0 atom stereocenters. The van der Waals surface area contributed by atoms with Crippen LogP contribution in [0.1, 0.15) is 15.9 Å². The maximum Gasteiger partial charge on any atom is 0.337 e. The fraction of sp³-hybridized carbons (Fsp3) is 0.0588. The van der Waals surface area contributed by atoms with Crippen molar-refractivity contribution in [3.05, 3.63) is 64.2 Å². The number of nitrogens with one attached hydrogen (secondary N) is 1. The van der Waals surface area contributed by atoms with Gasteiger partial charge in [0.05, 0.1) is 29.9 Å². The lowest BCUT2D eigenvalue weighted by atomic mass is 10.1. The van der Waals surface area contributed by atoms with Crippen LogP contribution in [0.25, 0.3) is 16.9 Å². The molecule has 0 saturated heterocycles. The summed E-state index contributed by atoms with van der Waals surface area (Å²) in [6.07, 6.45) is 2.67. The first-order valence-corrected chi connectivity index (χ1v) is 7.14. The van der Waals surface area contributed by atoms with Crippen molar-refractivity contribution in [2.75, 3.05) is 7.11 Å². The van der Waals surface area contributed by atoms with Crippen LogP contribution in [0.2, 0.25) is 0 Å². The van der Waals surface area contributed by atoms with Crippen LogP contribution in [0.4, 0.5) is 0 Å². The zero-order valence-corrected chi connectivity index (χ0v) is 13.1. The topological polar surface area (TPSA) is 121 Å². The standard InChI is InChI=1S/C17H12N4O4/c1-25-14-6-10(7-18)2-4-12(14)13-9-20-21(16(13)22)15-5-3-11(8-19-15)17(23)24/h2-6,8-9,20H,1H3,(H,23,24). The fourth-order valence-corrected chi connectivity index (χ4v) is 2.36. The largest absolute Gasteiger partial charge is 0.496 e. The summed E-state index contributed by atoms with van der Waals surface area (Å²) in [7, 11) is 1.46. The number of carbonyl (C=O) groups is 1. The lowest BCUT2D eigenvalue weighted by Gasteiger charge is -2.06. The first-order chi connectivity index (χ1) is 12.0. The van der Waals surface area contributed by atoms with Gasteiger partial charge in [-0.05, 0) is 30.3 Å². The number of H-pyrrole nitrogens is 1. The highest BCUT2D eigenvalue weighted by Gasteiger charge is 2.15. The van der Waals surface area contributed by atoms with E-state index >= 15 is 0 Å². The average molecular weight is 336 g/mol. The Labute approximate surface area is 141 Å². The number of nitriles is 1. The Kier molecular flexibility index (Phi) is 4.05. The third-order valence-corrected chi connectivity index (χ3v) is 3.62. The van der Waals surface area contributed by atoms with E-state index in [0.717, 1.165) is 0 Å². The summed E-state index contributed by atoms with van der Waals surface area (Å²) in [5, 5.41) is 20.7. The van der Waals surface area contributed by atoms with Crippen molar-refractivity contribution >= 4 is 5.97 Å². The van der Waals surface area contributed by atoms with Crippen molar-refractivity contribution in [2.45, 2.75) is 0 Å². The zero-order chi connectivity index (χ0) is 18.0. The van der Waals surface area contributed by atoms with Gasteiger partial charge in [0.1, 0.15) is 5.75 Å². The minimum Gasteiger partial charge on any atom is -0.496 e. The highest BCUT2D eigenvalue weighted by Crippen LogP contribution is 2.28. The Balaban J connectivity index is 2.06. The number of benzene rings is 1. The van der Waals surface area contributed by atoms with Gasteiger partial charge in [0.15, 0.2) is 5.82 Å². The Bertz CT molecular complexity index is 1040. The molecule has 2 N–H and O–H groups in total. The molecule has 3 aromatic rings. The molecule has 0 aliphatic heterocycles. The van der Waals surface area contributed by atoms with E-state index in [1.807, 2.05) is 6.07 Å². The van der Waals surface area contributed by atoms with E-state index < -0.39 is 5.97 Å². The second-order valence-electron chi connectivity index (χ2n) is 5.06. The number of methoxy groups -OCH3 is 1. The van der Waals surface area contributed by atoms with E-state index in [-0.39, 0.29) is 16.9 Å². The molecule has 0 fully saturated rings. The SMILES string of the molecule is COc1cc(C#N)ccc1-c1c[nH]n(-c2ccc(C(=O)O)cn2)c1=O. The molecule has 0 aliphatic rings. The molecule has 0 spiro atoms. The monoisotopic (exact) mass is 336 g/mol. The van der Waals surface area contributed by atoms with Crippen LogP contribution in [-0.4, -0.2) is 33.0 Å². The van der Waals surface area contributed by atoms with Gasteiger partial charge in [0, 0.05) is 18.0 Å². The van der Waals surface area contributed by atoms with Crippen molar-refractivity contribution in [1.29, 1.82) is 5.26 Å². The van der Waals surface area contributed by atoms with Gasteiger partial charge in [-0.2, -0.15) is 5.26 Å². The number of pyridine rings is 1. The van der Waals surface area contributed by atoms with Gasteiger partial charge in [0.2, 0.25) is 0 Å². The minimum absolute atomic E-state index is 0.0253. The molecule has 124 valence electrons. The summed E-state index contributed by atoms with van der Waals surface area (Å²) in [6, 6.07) is 9.58. The van der Waals surface area contributed by atoms with Crippen LogP contribution in [0.3, 0.4) is 0 Å². The number of aromatic carboxylic acids is 1. The maximum atomic E-state index is 12.7. The van der Waals surface area contributed by atoms with E-state index in [0.29, 0.717) is 22.4 Å². The lowest BCUT2D eigenvalue weighted by molar-refractivity contribution is 0.0696. The van der Waals surface area contributed by atoms with Gasteiger partial charge in [-0.15, -0.1) is 0 Å². The minimum atomic E-state index is -1.10. The van der Waals surface area contributed by atoms with E-state index in [1.165, 1.54) is 36.3 Å². The van der Waals surface area contributed by atoms with Crippen LogP contribution in [0.5, 0.6) is 5.75 Å². The van der Waals surface area contributed by atoms with E-state index in [1.54, 1.807) is 18.2 Å². The summed E-state index contributed by atoms with van der Waals surface area (Å²) < 4.78 is 6.45. The van der Waals surface area contributed by atoms with Gasteiger partial charge in [-0.3, -0.25) is 9.89 Å². The number of ether oxygens (including phenoxy) is 1. The molecule has 8 heteroatoms. The molecule has 0 amide bonds. The zero-order valence-electron chi connectivity index (χ0n) is 13.1. The number of hydrogen-bond donors (Lipinski definition) is 2. The second kappa shape index (κ2) is 6.33. The number of rotatable bonds is 4. The number of carboxylic acids is 1. The van der Waals surface area contributed by atoms with Gasteiger partial charge in [-0.25, -0.2) is 14.5 Å². The van der Waals surface area contributed by atoms with Crippen LogP contribution in [0, 0.1) is 11.3 Å². The first kappa shape index (κ1) is 16.0. The molecular formula is C17H12N4O4. The maximum absolute atomic E-state index is 12.7. The van der Waals surface area contributed by atoms with Crippen molar-refractivity contribution < 1.29 is 14.6 Å². The molecule has 0 bridgehead atoms. The predicted molar refractivity (Wildman–Crippen MR) is 87.8 cm³/mol. The second-order valence-corrected chi connectivity index (χ2v) is 5.06. The highest BCUT2D eigenvalue weighted by molar-refractivity contribution is 5.87. The summed E-state index contributed by atoms with van der Waals surface area (Å²) in [6.45, 7) is 0. The quantitative estimate of drug-likeness (QED) is 0.749. The molecular weight excluding hydrogens is 324 g/mol. The smallest absolute Gasteiger partial charge is 0.337 e. The Morgan fingerprint density at radius 2 is 2.12 bits per heavy atom. The molecule has 0 radical (unpaired) electrons. The summed E-state index contributed by atoms with van der Waals surface area (Å²) in [5.74, 6) is -0.439. The molecule has 1 aromatic carbocycles. The summed E-state index contributed by atoms with van der Waals surface area (Å²) in [4.78, 5) is 27.5. The third kappa shape index (κ3) is 2.86. The number of hydrogen-bond acceptors (Lipinski definition) is 5. The summed E-state index contributed by atoms with van der Waals surface area (Å²) >= 11 is 0. The first-order valence-electron chi connectivity index (χ1n) is 7.14. The predicted octanol–water partition coefficient (Wildman–Crippen LogP) is 1.81. The van der Waals surface area contributed by atoms with Gasteiger partial charge in [0.25, 0.3) is 5.56 Å². The van der Waals surface area contributed by atoms with Crippen LogP contribution in [-0.2, 0) is 0 Å². The molecule has 2 heterocycles.